The molecule has 0 spiro atoms. The van der Waals surface area contributed by atoms with Crippen LogP contribution < -0.4 is 4.74 Å². The van der Waals surface area contributed by atoms with Gasteiger partial charge >= 0.3 is 0 Å². The number of methoxy groups -OCH3 is 1. The van der Waals surface area contributed by atoms with Gasteiger partial charge < -0.3 is 4.74 Å². The molecule has 0 aliphatic carbocycles. The van der Waals surface area contributed by atoms with Gasteiger partial charge in [0.25, 0.3) is 0 Å². The number of benzene rings is 1. The summed E-state index contributed by atoms with van der Waals surface area (Å²) < 4.78 is 18.7. The summed E-state index contributed by atoms with van der Waals surface area (Å²) in [5, 5.41) is 0. The quantitative estimate of drug-likeness (QED) is 0.605. The van der Waals surface area contributed by atoms with E-state index in [1.807, 2.05) is 0 Å². The maximum absolute atomic E-state index is 13.4. The summed E-state index contributed by atoms with van der Waals surface area (Å²) in [6.07, 6.45) is 4.57. The van der Waals surface area contributed by atoms with Crippen LogP contribution in [0.1, 0.15) is 49.9 Å². The van der Waals surface area contributed by atoms with Crippen LogP contribution in [0.2, 0.25) is 0 Å². The van der Waals surface area contributed by atoms with Crippen molar-refractivity contribution in [2.45, 2.75) is 44.4 Å². The Morgan fingerprint density at radius 1 is 1.22 bits per heavy atom. The van der Waals surface area contributed by atoms with Crippen LogP contribution in [0.3, 0.4) is 0 Å². The van der Waals surface area contributed by atoms with Gasteiger partial charge in [-0.2, -0.15) is 0 Å². The van der Waals surface area contributed by atoms with Gasteiger partial charge in [-0.25, -0.2) is 4.39 Å². The first kappa shape index (κ1) is 15.5. The van der Waals surface area contributed by atoms with Crippen molar-refractivity contribution in [3.63, 3.8) is 0 Å². The molecule has 0 saturated carbocycles. The zero-order chi connectivity index (χ0) is 13.5. The highest BCUT2D eigenvalue weighted by Gasteiger charge is 2.22. The molecule has 18 heavy (non-hydrogen) atoms. The van der Waals surface area contributed by atoms with Crippen molar-refractivity contribution in [1.29, 1.82) is 0 Å². The summed E-state index contributed by atoms with van der Waals surface area (Å²) >= 11 is 3.73. The lowest BCUT2D eigenvalue weighted by atomic mass is 9.90. The van der Waals surface area contributed by atoms with Crippen molar-refractivity contribution >= 4 is 15.9 Å². The van der Waals surface area contributed by atoms with E-state index in [1.165, 1.54) is 6.07 Å². The fourth-order valence-corrected chi connectivity index (χ4v) is 3.24. The van der Waals surface area contributed by atoms with Crippen molar-refractivity contribution in [1.82, 2.24) is 0 Å². The molecule has 0 amide bonds. The van der Waals surface area contributed by atoms with Crippen LogP contribution in [0.25, 0.3) is 0 Å². The average molecular weight is 317 g/mol. The molecule has 102 valence electrons. The predicted molar refractivity (Wildman–Crippen MR) is 77.9 cm³/mol. The highest BCUT2D eigenvalue weighted by Crippen LogP contribution is 2.41. The van der Waals surface area contributed by atoms with E-state index in [0.717, 1.165) is 37.0 Å². The molecule has 1 atom stereocenters. The Balaban J connectivity index is 2.98. The van der Waals surface area contributed by atoms with Gasteiger partial charge in [0.05, 0.1) is 7.11 Å². The Morgan fingerprint density at radius 3 is 2.33 bits per heavy atom. The Kier molecular flexibility index (Phi) is 6.69. The fraction of sp³-hybridized carbons (Fsp3) is 0.600. The minimum absolute atomic E-state index is 0.156. The number of rotatable bonds is 7. The molecule has 0 heterocycles. The van der Waals surface area contributed by atoms with Crippen LogP contribution in [0.4, 0.5) is 4.39 Å². The van der Waals surface area contributed by atoms with E-state index < -0.39 is 0 Å². The zero-order valence-electron chi connectivity index (χ0n) is 11.4. The lowest BCUT2D eigenvalue weighted by Crippen LogP contribution is -2.09. The van der Waals surface area contributed by atoms with Crippen molar-refractivity contribution in [3.8, 4) is 5.75 Å². The summed E-state index contributed by atoms with van der Waals surface area (Å²) in [4.78, 5) is 0.156. The highest BCUT2D eigenvalue weighted by molar-refractivity contribution is 9.09. The molecule has 1 aromatic rings. The van der Waals surface area contributed by atoms with E-state index in [1.54, 1.807) is 19.2 Å². The minimum Gasteiger partial charge on any atom is -0.496 e. The molecule has 0 bridgehead atoms. The molecule has 1 aromatic carbocycles. The van der Waals surface area contributed by atoms with E-state index in [-0.39, 0.29) is 10.6 Å². The molecule has 0 N–H and O–H groups in total. The molecule has 0 aliphatic heterocycles. The van der Waals surface area contributed by atoms with Crippen molar-refractivity contribution in [3.05, 3.63) is 29.6 Å². The van der Waals surface area contributed by atoms with Crippen LogP contribution in [0, 0.1) is 11.7 Å². The van der Waals surface area contributed by atoms with E-state index in [0.29, 0.717) is 5.92 Å². The maximum atomic E-state index is 13.4. The number of halogens is 2. The molecule has 0 radical (unpaired) electrons. The first-order valence-corrected chi connectivity index (χ1v) is 7.53. The summed E-state index contributed by atoms with van der Waals surface area (Å²) in [5.74, 6) is 1.08. The molecule has 0 fully saturated rings. The Labute approximate surface area is 118 Å². The Morgan fingerprint density at radius 2 is 1.83 bits per heavy atom. The Bertz CT molecular complexity index is 362. The van der Waals surface area contributed by atoms with Gasteiger partial charge in [0, 0.05) is 10.4 Å². The molecule has 0 aliphatic rings. The van der Waals surface area contributed by atoms with Crippen LogP contribution in [0.15, 0.2) is 18.2 Å². The standard InChI is InChI=1S/C15H22BrFO/c1-4-6-11(7-5-2)15(16)13-10-12(17)8-9-14(13)18-3/h8-11,15H,4-7H2,1-3H3. The smallest absolute Gasteiger partial charge is 0.123 e. The SMILES string of the molecule is CCCC(CCC)C(Br)c1cc(F)ccc1OC. The third-order valence-corrected chi connectivity index (χ3v) is 4.46. The van der Waals surface area contributed by atoms with Crippen LogP contribution in [0.5, 0.6) is 5.75 Å². The molecule has 3 heteroatoms. The first-order valence-electron chi connectivity index (χ1n) is 6.61. The summed E-state index contributed by atoms with van der Waals surface area (Å²) in [5.41, 5.74) is 0.921. The normalized spacial score (nSPS) is 12.8. The number of hydrogen-bond donors (Lipinski definition) is 0. The molecule has 1 unspecified atom stereocenters. The van der Waals surface area contributed by atoms with Crippen LogP contribution in [-0.4, -0.2) is 7.11 Å². The maximum Gasteiger partial charge on any atom is 0.123 e. The second-order valence-electron chi connectivity index (χ2n) is 4.63. The van der Waals surface area contributed by atoms with Gasteiger partial charge in [-0.05, 0) is 37.0 Å². The van der Waals surface area contributed by atoms with E-state index in [2.05, 4.69) is 29.8 Å². The van der Waals surface area contributed by atoms with Crippen LogP contribution >= 0.6 is 15.9 Å². The third-order valence-electron chi connectivity index (χ3n) is 3.22. The average Bonchev–Trinajstić information content (AvgIpc) is 2.37. The van der Waals surface area contributed by atoms with Crippen molar-refractivity contribution in [2.24, 2.45) is 5.92 Å². The van der Waals surface area contributed by atoms with Crippen molar-refractivity contribution < 1.29 is 9.13 Å². The largest absolute Gasteiger partial charge is 0.496 e. The molecular formula is C15H22BrFO. The fourth-order valence-electron chi connectivity index (χ4n) is 2.35. The van der Waals surface area contributed by atoms with Gasteiger partial charge in [-0.15, -0.1) is 0 Å². The second-order valence-corrected chi connectivity index (χ2v) is 5.61. The topological polar surface area (TPSA) is 9.23 Å². The molecule has 1 nitrogen and oxygen atoms in total. The zero-order valence-corrected chi connectivity index (χ0v) is 13.0. The molecule has 0 aromatic heterocycles. The molecular weight excluding hydrogens is 295 g/mol. The first-order chi connectivity index (χ1) is 8.63. The summed E-state index contributed by atoms with van der Waals surface area (Å²) in [6, 6.07) is 4.72. The van der Waals surface area contributed by atoms with Crippen molar-refractivity contribution in [2.75, 3.05) is 7.11 Å². The molecule has 1 rings (SSSR count). The number of ether oxygens (including phenoxy) is 1. The summed E-state index contributed by atoms with van der Waals surface area (Å²) in [6.45, 7) is 4.37. The third kappa shape index (κ3) is 3.98. The van der Waals surface area contributed by atoms with Gasteiger partial charge in [-0.1, -0.05) is 42.6 Å². The van der Waals surface area contributed by atoms with E-state index in [9.17, 15) is 4.39 Å². The van der Waals surface area contributed by atoms with E-state index >= 15 is 0 Å². The number of hydrogen-bond acceptors (Lipinski definition) is 1. The molecule has 0 saturated heterocycles. The highest BCUT2D eigenvalue weighted by atomic mass is 79.9. The second kappa shape index (κ2) is 7.78. The van der Waals surface area contributed by atoms with Gasteiger partial charge in [0.1, 0.15) is 11.6 Å². The van der Waals surface area contributed by atoms with Crippen LogP contribution in [-0.2, 0) is 0 Å². The lowest BCUT2D eigenvalue weighted by Gasteiger charge is -2.23. The Hall–Kier alpha value is -0.570. The predicted octanol–water partition coefficient (Wildman–Crippen LogP) is 5.49. The lowest BCUT2D eigenvalue weighted by molar-refractivity contribution is 0.390. The number of alkyl halides is 1. The minimum atomic E-state index is -0.206. The van der Waals surface area contributed by atoms with E-state index in [4.69, 9.17) is 4.74 Å². The monoisotopic (exact) mass is 316 g/mol. The van der Waals surface area contributed by atoms with Gasteiger partial charge in [0.2, 0.25) is 0 Å². The summed E-state index contributed by atoms with van der Waals surface area (Å²) in [7, 11) is 1.63. The van der Waals surface area contributed by atoms with Gasteiger partial charge in [0.15, 0.2) is 0 Å². The van der Waals surface area contributed by atoms with Gasteiger partial charge in [-0.3, -0.25) is 0 Å².